The molecular formula is C22H25NO5. The largest absolute Gasteiger partial charge is 0.507 e. The molecule has 0 unspecified atom stereocenters. The third kappa shape index (κ3) is 3.55. The number of hydrogen-bond acceptors (Lipinski definition) is 6. The summed E-state index contributed by atoms with van der Waals surface area (Å²) in [4.78, 5) is 15.3. The molecule has 0 bridgehead atoms. The van der Waals surface area contributed by atoms with Crippen molar-refractivity contribution in [2.75, 3.05) is 27.3 Å². The second-order valence-electron chi connectivity index (χ2n) is 6.45. The molecule has 0 fully saturated rings. The van der Waals surface area contributed by atoms with Gasteiger partial charge in [-0.2, -0.15) is 0 Å². The number of hydrogen-bond donors (Lipinski definition) is 1. The van der Waals surface area contributed by atoms with Crippen molar-refractivity contribution >= 4 is 11.0 Å². The normalized spacial score (nSPS) is 11.2. The Morgan fingerprint density at radius 2 is 1.75 bits per heavy atom. The Bertz CT molecular complexity index is 1040. The molecule has 3 rings (SSSR count). The number of aromatic hydroxyl groups is 1. The highest BCUT2D eigenvalue weighted by Crippen LogP contribution is 2.33. The number of nitrogens with zero attached hydrogens (tertiary/aromatic N) is 1. The Labute approximate surface area is 163 Å². The van der Waals surface area contributed by atoms with Crippen molar-refractivity contribution < 1.29 is 19.0 Å². The van der Waals surface area contributed by atoms with E-state index in [0.29, 0.717) is 45.7 Å². The molecule has 0 saturated carbocycles. The van der Waals surface area contributed by atoms with Gasteiger partial charge in [-0.15, -0.1) is 0 Å². The summed E-state index contributed by atoms with van der Waals surface area (Å²) in [6, 6.07) is 8.44. The predicted molar refractivity (Wildman–Crippen MR) is 109 cm³/mol. The van der Waals surface area contributed by atoms with Gasteiger partial charge in [-0.25, -0.2) is 0 Å². The lowest BCUT2D eigenvalue weighted by Crippen LogP contribution is -2.22. The van der Waals surface area contributed by atoms with Crippen molar-refractivity contribution in [3.63, 3.8) is 0 Å². The Hall–Kier alpha value is -2.99. The molecule has 148 valence electrons. The number of rotatable bonds is 7. The lowest BCUT2D eigenvalue weighted by atomic mass is 10.0. The quantitative estimate of drug-likeness (QED) is 0.664. The van der Waals surface area contributed by atoms with Crippen LogP contribution in [-0.2, 0) is 6.54 Å². The van der Waals surface area contributed by atoms with E-state index in [1.54, 1.807) is 44.6 Å². The first-order valence-electron chi connectivity index (χ1n) is 9.25. The molecule has 1 heterocycles. The number of fused-ring (bicyclic) bond motifs is 1. The van der Waals surface area contributed by atoms with Crippen molar-refractivity contribution in [1.82, 2.24) is 4.90 Å². The number of methoxy groups -OCH3 is 2. The maximum absolute atomic E-state index is 13.1. The van der Waals surface area contributed by atoms with Crippen LogP contribution in [0.3, 0.4) is 0 Å². The summed E-state index contributed by atoms with van der Waals surface area (Å²) in [6.45, 7) is 6.28. The van der Waals surface area contributed by atoms with Gasteiger partial charge in [0.2, 0.25) is 5.43 Å². The fraction of sp³-hybridized carbons (Fsp3) is 0.318. The Kier molecular flexibility index (Phi) is 5.90. The van der Waals surface area contributed by atoms with Crippen LogP contribution in [0.5, 0.6) is 17.2 Å². The van der Waals surface area contributed by atoms with Gasteiger partial charge < -0.3 is 19.0 Å². The average molecular weight is 383 g/mol. The fourth-order valence-electron chi connectivity index (χ4n) is 3.27. The van der Waals surface area contributed by atoms with Gasteiger partial charge in [0.05, 0.1) is 30.7 Å². The summed E-state index contributed by atoms with van der Waals surface area (Å²) >= 11 is 0. The molecule has 0 amide bonds. The number of benzene rings is 2. The number of ether oxygens (including phenoxy) is 2. The fourth-order valence-corrected chi connectivity index (χ4v) is 3.27. The van der Waals surface area contributed by atoms with Crippen molar-refractivity contribution in [2.24, 2.45) is 0 Å². The van der Waals surface area contributed by atoms with E-state index in [0.717, 1.165) is 13.1 Å². The van der Waals surface area contributed by atoms with Gasteiger partial charge in [0.1, 0.15) is 17.6 Å². The van der Waals surface area contributed by atoms with Gasteiger partial charge in [-0.05, 0) is 42.9 Å². The highest BCUT2D eigenvalue weighted by Gasteiger charge is 2.17. The third-order valence-electron chi connectivity index (χ3n) is 4.99. The maximum atomic E-state index is 13.1. The van der Waals surface area contributed by atoms with Crippen LogP contribution in [-0.4, -0.2) is 37.3 Å². The van der Waals surface area contributed by atoms with Gasteiger partial charge in [-0.1, -0.05) is 19.9 Å². The summed E-state index contributed by atoms with van der Waals surface area (Å²) in [5, 5.41) is 10.8. The molecule has 0 spiro atoms. The average Bonchev–Trinajstić information content (AvgIpc) is 2.73. The van der Waals surface area contributed by atoms with Gasteiger partial charge >= 0.3 is 0 Å². The van der Waals surface area contributed by atoms with Gasteiger partial charge in [0.15, 0.2) is 11.5 Å². The van der Waals surface area contributed by atoms with E-state index in [4.69, 9.17) is 13.9 Å². The summed E-state index contributed by atoms with van der Waals surface area (Å²) in [5.74, 6) is 1.25. The van der Waals surface area contributed by atoms with E-state index in [9.17, 15) is 9.90 Å². The van der Waals surface area contributed by atoms with E-state index < -0.39 is 0 Å². The zero-order valence-electron chi connectivity index (χ0n) is 16.6. The monoisotopic (exact) mass is 383 g/mol. The lowest BCUT2D eigenvalue weighted by molar-refractivity contribution is 0.290. The molecule has 0 aliphatic rings. The van der Waals surface area contributed by atoms with Crippen LogP contribution in [0.4, 0.5) is 0 Å². The SMILES string of the molecule is CCN(CC)Cc1c(O)ccc2c(=O)c(-c3ccc(OC)c(OC)c3)coc12. The van der Waals surface area contributed by atoms with Crippen LogP contribution in [0.15, 0.2) is 45.8 Å². The predicted octanol–water partition coefficient (Wildman–Crippen LogP) is 4.02. The molecule has 0 aliphatic heterocycles. The molecule has 2 aromatic carbocycles. The summed E-state index contributed by atoms with van der Waals surface area (Å²) in [6.07, 6.45) is 1.44. The minimum absolute atomic E-state index is 0.126. The second kappa shape index (κ2) is 8.35. The van der Waals surface area contributed by atoms with Crippen LogP contribution in [0.1, 0.15) is 19.4 Å². The van der Waals surface area contributed by atoms with Crippen molar-refractivity contribution in [1.29, 1.82) is 0 Å². The second-order valence-corrected chi connectivity index (χ2v) is 6.45. The topological polar surface area (TPSA) is 72.1 Å². The van der Waals surface area contributed by atoms with Crippen LogP contribution in [0.25, 0.3) is 22.1 Å². The summed E-state index contributed by atoms with van der Waals surface area (Å²) < 4.78 is 16.4. The molecule has 1 N–H and O–H groups in total. The Morgan fingerprint density at radius 3 is 2.39 bits per heavy atom. The van der Waals surface area contributed by atoms with E-state index >= 15 is 0 Å². The van der Waals surface area contributed by atoms with E-state index in [-0.39, 0.29) is 11.2 Å². The van der Waals surface area contributed by atoms with E-state index in [1.807, 2.05) is 0 Å². The number of phenols is 1. The van der Waals surface area contributed by atoms with Gasteiger partial charge in [0, 0.05) is 6.54 Å². The molecule has 6 heteroatoms. The van der Waals surface area contributed by atoms with Crippen LogP contribution in [0.2, 0.25) is 0 Å². The van der Waals surface area contributed by atoms with Crippen LogP contribution in [0, 0.1) is 0 Å². The van der Waals surface area contributed by atoms with Crippen molar-refractivity contribution in [2.45, 2.75) is 20.4 Å². The molecular weight excluding hydrogens is 358 g/mol. The van der Waals surface area contributed by atoms with Gasteiger partial charge in [-0.3, -0.25) is 9.69 Å². The molecule has 1 aromatic heterocycles. The molecule has 0 aliphatic carbocycles. The molecule has 28 heavy (non-hydrogen) atoms. The zero-order chi connectivity index (χ0) is 20.3. The minimum atomic E-state index is -0.158. The molecule has 0 saturated heterocycles. The first-order valence-corrected chi connectivity index (χ1v) is 9.25. The highest BCUT2D eigenvalue weighted by atomic mass is 16.5. The van der Waals surface area contributed by atoms with Crippen molar-refractivity contribution in [3.8, 4) is 28.4 Å². The van der Waals surface area contributed by atoms with Gasteiger partial charge in [0.25, 0.3) is 0 Å². The smallest absolute Gasteiger partial charge is 0.200 e. The molecule has 0 radical (unpaired) electrons. The van der Waals surface area contributed by atoms with E-state index in [2.05, 4.69) is 18.7 Å². The Balaban J connectivity index is 2.15. The Morgan fingerprint density at radius 1 is 1.04 bits per heavy atom. The summed E-state index contributed by atoms with van der Waals surface area (Å²) in [5.41, 5.74) is 1.98. The molecule has 6 nitrogen and oxygen atoms in total. The number of phenolic OH excluding ortho intramolecular Hbond substituents is 1. The minimum Gasteiger partial charge on any atom is -0.507 e. The standard InChI is InChI=1S/C22H25NO5/c1-5-23(6-2)12-16-18(24)9-8-15-21(25)17(13-28-22(15)16)14-7-10-19(26-3)20(11-14)27-4/h7-11,13,24H,5-6,12H2,1-4H3. The zero-order valence-corrected chi connectivity index (χ0v) is 16.6. The molecule has 0 atom stereocenters. The highest BCUT2D eigenvalue weighted by molar-refractivity contribution is 5.85. The first kappa shape index (κ1) is 19.8. The maximum Gasteiger partial charge on any atom is 0.200 e. The van der Waals surface area contributed by atoms with Crippen LogP contribution < -0.4 is 14.9 Å². The molecule has 3 aromatic rings. The lowest BCUT2D eigenvalue weighted by Gasteiger charge is -2.19. The van der Waals surface area contributed by atoms with Crippen molar-refractivity contribution in [3.05, 3.63) is 52.4 Å². The van der Waals surface area contributed by atoms with Crippen LogP contribution >= 0.6 is 0 Å². The third-order valence-corrected chi connectivity index (χ3v) is 4.99. The van der Waals surface area contributed by atoms with E-state index in [1.165, 1.54) is 6.26 Å². The summed E-state index contributed by atoms with van der Waals surface area (Å²) in [7, 11) is 3.11. The first-order chi connectivity index (χ1) is 13.5.